The Morgan fingerprint density at radius 1 is 1.12 bits per heavy atom. The first kappa shape index (κ1) is 16.8. The Morgan fingerprint density at radius 3 is 2.71 bits per heavy atom. The number of fused-ring (bicyclic) bond motifs is 2. The molecule has 1 aromatic heterocycles. The number of rotatable bonds is 6. The van der Waals surface area contributed by atoms with Crippen LogP contribution in [0.1, 0.15) is 49.4 Å². The Bertz CT molecular complexity index is 682. The SMILES string of the molecule is CCN(CC)CCCC1c2ccccc2OCc2nc(N)ccc21. The number of anilines is 1. The van der Waals surface area contributed by atoms with Gasteiger partial charge in [-0.15, -0.1) is 0 Å². The van der Waals surface area contributed by atoms with Crippen LogP contribution in [0.4, 0.5) is 5.82 Å². The van der Waals surface area contributed by atoms with Crippen LogP contribution in [0, 0.1) is 0 Å². The van der Waals surface area contributed by atoms with Gasteiger partial charge in [0.05, 0.1) is 5.69 Å². The van der Waals surface area contributed by atoms with E-state index in [0.717, 1.165) is 43.9 Å². The fourth-order valence-corrected chi connectivity index (χ4v) is 3.55. The van der Waals surface area contributed by atoms with E-state index in [4.69, 9.17) is 10.5 Å². The Labute approximate surface area is 144 Å². The summed E-state index contributed by atoms with van der Waals surface area (Å²) in [6, 6.07) is 12.4. The molecule has 0 radical (unpaired) electrons. The number of ether oxygens (including phenoxy) is 1. The van der Waals surface area contributed by atoms with E-state index in [1.165, 1.54) is 11.1 Å². The number of hydrogen-bond donors (Lipinski definition) is 1. The van der Waals surface area contributed by atoms with E-state index in [2.05, 4.69) is 48.0 Å². The summed E-state index contributed by atoms with van der Waals surface area (Å²) in [4.78, 5) is 7.00. The summed E-state index contributed by atoms with van der Waals surface area (Å²) in [7, 11) is 0. The fraction of sp³-hybridized carbons (Fsp3) is 0.450. The fourth-order valence-electron chi connectivity index (χ4n) is 3.55. The third-order valence-corrected chi connectivity index (χ3v) is 4.93. The molecule has 3 rings (SSSR count). The van der Waals surface area contributed by atoms with Gasteiger partial charge in [-0.05, 0) is 50.2 Å². The molecule has 2 N–H and O–H groups in total. The zero-order valence-electron chi connectivity index (χ0n) is 14.7. The average Bonchev–Trinajstić information content (AvgIpc) is 2.76. The van der Waals surface area contributed by atoms with Crippen molar-refractivity contribution < 1.29 is 4.74 Å². The molecular formula is C20H27N3O. The van der Waals surface area contributed by atoms with Gasteiger partial charge in [0.1, 0.15) is 18.2 Å². The predicted octanol–water partition coefficient (Wildman–Crippen LogP) is 3.81. The lowest BCUT2D eigenvalue weighted by molar-refractivity contribution is 0.294. The second-order valence-corrected chi connectivity index (χ2v) is 6.32. The molecule has 4 nitrogen and oxygen atoms in total. The van der Waals surface area contributed by atoms with Gasteiger partial charge in [-0.2, -0.15) is 0 Å². The van der Waals surface area contributed by atoms with Gasteiger partial charge in [0.15, 0.2) is 0 Å². The summed E-state index contributed by atoms with van der Waals surface area (Å²) in [6.07, 6.45) is 2.25. The van der Waals surface area contributed by atoms with E-state index < -0.39 is 0 Å². The number of pyridine rings is 1. The van der Waals surface area contributed by atoms with Crippen molar-refractivity contribution in [2.45, 2.75) is 39.2 Å². The maximum atomic E-state index is 6.00. The van der Waals surface area contributed by atoms with Crippen LogP contribution < -0.4 is 10.5 Å². The van der Waals surface area contributed by atoms with E-state index >= 15 is 0 Å². The van der Waals surface area contributed by atoms with Gasteiger partial charge in [-0.1, -0.05) is 38.1 Å². The molecular weight excluding hydrogens is 298 g/mol. The van der Waals surface area contributed by atoms with Crippen LogP contribution in [-0.4, -0.2) is 29.5 Å². The van der Waals surface area contributed by atoms with Crippen molar-refractivity contribution in [1.82, 2.24) is 9.88 Å². The standard InChI is InChI=1S/C20H27N3O/c1-3-23(4-2)13-7-9-15-16-11-12-20(21)22-18(16)14-24-19-10-6-5-8-17(15)19/h5-6,8,10-12,15H,3-4,7,9,13-14H2,1-2H3,(H2,21,22). The Hall–Kier alpha value is -2.07. The lowest BCUT2D eigenvalue weighted by Crippen LogP contribution is -2.24. The summed E-state index contributed by atoms with van der Waals surface area (Å²) in [5.74, 6) is 1.86. The number of hydrogen-bond acceptors (Lipinski definition) is 4. The van der Waals surface area contributed by atoms with Gasteiger partial charge < -0.3 is 15.4 Å². The van der Waals surface area contributed by atoms with Crippen LogP contribution in [0.2, 0.25) is 0 Å². The Morgan fingerprint density at radius 2 is 1.92 bits per heavy atom. The molecule has 1 unspecified atom stereocenters. The van der Waals surface area contributed by atoms with Gasteiger partial charge in [0.2, 0.25) is 0 Å². The smallest absolute Gasteiger partial charge is 0.131 e. The van der Waals surface area contributed by atoms with Crippen LogP contribution in [-0.2, 0) is 6.61 Å². The van der Waals surface area contributed by atoms with E-state index in [0.29, 0.717) is 18.3 Å². The molecule has 128 valence electrons. The number of benzene rings is 1. The topological polar surface area (TPSA) is 51.4 Å². The van der Waals surface area contributed by atoms with Crippen molar-refractivity contribution in [3.63, 3.8) is 0 Å². The van der Waals surface area contributed by atoms with Crippen molar-refractivity contribution in [2.75, 3.05) is 25.4 Å². The Balaban J connectivity index is 1.88. The zero-order chi connectivity index (χ0) is 16.9. The highest BCUT2D eigenvalue weighted by Gasteiger charge is 2.25. The van der Waals surface area contributed by atoms with E-state index in [9.17, 15) is 0 Å². The third kappa shape index (κ3) is 3.54. The van der Waals surface area contributed by atoms with Crippen LogP contribution >= 0.6 is 0 Å². The first-order valence-electron chi connectivity index (χ1n) is 8.92. The summed E-state index contributed by atoms with van der Waals surface area (Å²) >= 11 is 0. The van der Waals surface area contributed by atoms with Crippen molar-refractivity contribution in [3.05, 3.63) is 53.2 Å². The van der Waals surface area contributed by atoms with Crippen molar-refractivity contribution in [2.24, 2.45) is 0 Å². The molecule has 0 bridgehead atoms. The molecule has 0 saturated heterocycles. The highest BCUT2D eigenvalue weighted by atomic mass is 16.5. The molecule has 4 heteroatoms. The molecule has 2 aromatic rings. The third-order valence-electron chi connectivity index (χ3n) is 4.93. The van der Waals surface area contributed by atoms with Gasteiger partial charge in [0, 0.05) is 11.5 Å². The molecule has 1 aromatic carbocycles. The molecule has 0 fully saturated rings. The average molecular weight is 325 g/mol. The highest BCUT2D eigenvalue weighted by molar-refractivity contribution is 5.47. The molecule has 0 amide bonds. The molecule has 0 spiro atoms. The summed E-state index contributed by atoms with van der Waals surface area (Å²) in [5.41, 5.74) is 9.38. The highest BCUT2D eigenvalue weighted by Crippen LogP contribution is 2.39. The normalized spacial score (nSPS) is 16.2. The second-order valence-electron chi connectivity index (χ2n) is 6.32. The van der Waals surface area contributed by atoms with Crippen molar-refractivity contribution in [3.8, 4) is 5.75 Å². The van der Waals surface area contributed by atoms with Crippen LogP contribution in [0.25, 0.3) is 0 Å². The minimum Gasteiger partial charge on any atom is -0.487 e. The number of nitrogens with two attached hydrogens (primary N) is 1. The first-order chi connectivity index (χ1) is 11.7. The van der Waals surface area contributed by atoms with Crippen LogP contribution in [0.5, 0.6) is 5.75 Å². The molecule has 24 heavy (non-hydrogen) atoms. The molecule has 2 heterocycles. The molecule has 1 aliphatic rings. The second kappa shape index (κ2) is 7.67. The van der Waals surface area contributed by atoms with E-state index in [-0.39, 0.29) is 0 Å². The first-order valence-corrected chi connectivity index (χ1v) is 8.92. The lowest BCUT2D eigenvalue weighted by Gasteiger charge is -2.22. The largest absolute Gasteiger partial charge is 0.487 e. The summed E-state index contributed by atoms with van der Waals surface area (Å²) in [5, 5.41) is 0. The number of aromatic nitrogens is 1. The lowest BCUT2D eigenvalue weighted by atomic mass is 9.86. The van der Waals surface area contributed by atoms with Gasteiger partial charge in [0.25, 0.3) is 0 Å². The van der Waals surface area contributed by atoms with Gasteiger partial charge in [-0.3, -0.25) is 0 Å². The minimum absolute atomic E-state index is 0.322. The molecule has 0 saturated carbocycles. The van der Waals surface area contributed by atoms with Crippen molar-refractivity contribution in [1.29, 1.82) is 0 Å². The van der Waals surface area contributed by atoms with E-state index in [1.807, 2.05) is 12.1 Å². The predicted molar refractivity (Wildman–Crippen MR) is 98.3 cm³/mol. The number of para-hydroxylation sites is 1. The monoisotopic (exact) mass is 325 g/mol. The molecule has 1 aliphatic heterocycles. The van der Waals surface area contributed by atoms with Crippen LogP contribution in [0.15, 0.2) is 36.4 Å². The van der Waals surface area contributed by atoms with Gasteiger partial charge >= 0.3 is 0 Å². The minimum atomic E-state index is 0.322. The van der Waals surface area contributed by atoms with E-state index in [1.54, 1.807) is 0 Å². The summed E-state index contributed by atoms with van der Waals surface area (Å²) in [6.45, 7) is 8.28. The van der Waals surface area contributed by atoms with Crippen molar-refractivity contribution >= 4 is 5.82 Å². The van der Waals surface area contributed by atoms with Crippen LogP contribution in [0.3, 0.4) is 0 Å². The number of nitrogens with zero attached hydrogens (tertiary/aromatic N) is 2. The number of nitrogen functional groups attached to an aromatic ring is 1. The van der Waals surface area contributed by atoms with Gasteiger partial charge in [-0.25, -0.2) is 4.98 Å². The maximum absolute atomic E-state index is 6.00. The maximum Gasteiger partial charge on any atom is 0.131 e. The summed E-state index contributed by atoms with van der Waals surface area (Å²) < 4.78 is 6.00. The molecule has 0 aliphatic carbocycles. The Kier molecular flexibility index (Phi) is 5.36. The molecule has 1 atom stereocenters. The quantitative estimate of drug-likeness (QED) is 0.877. The zero-order valence-corrected chi connectivity index (χ0v) is 14.7.